The third-order valence-corrected chi connectivity index (χ3v) is 4.36. The minimum atomic E-state index is -0.153. The Labute approximate surface area is 116 Å². The van der Waals surface area contributed by atoms with Crippen molar-refractivity contribution in [2.24, 2.45) is 5.92 Å². The van der Waals surface area contributed by atoms with Crippen LogP contribution >= 0.6 is 0 Å². The first-order valence-corrected chi connectivity index (χ1v) is 7.65. The van der Waals surface area contributed by atoms with Gasteiger partial charge >= 0.3 is 0 Å². The Morgan fingerprint density at radius 3 is 2.37 bits per heavy atom. The monoisotopic (exact) mass is 263 g/mol. The molecule has 0 amide bonds. The van der Waals surface area contributed by atoms with Crippen LogP contribution in [0.2, 0.25) is 0 Å². The van der Waals surface area contributed by atoms with E-state index in [0.29, 0.717) is 12.1 Å². The highest BCUT2D eigenvalue weighted by molar-refractivity contribution is 5.17. The molecule has 0 saturated heterocycles. The number of nitrogens with one attached hydrogen (secondary N) is 1. The summed E-state index contributed by atoms with van der Waals surface area (Å²) in [5.74, 6) is 0.685. The highest BCUT2D eigenvalue weighted by atomic mass is 19.1. The summed E-state index contributed by atoms with van der Waals surface area (Å²) in [5, 5.41) is 3.72. The van der Waals surface area contributed by atoms with Gasteiger partial charge in [0.1, 0.15) is 5.82 Å². The Hall–Kier alpha value is -0.890. The van der Waals surface area contributed by atoms with Crippen molar-refractivity contribution in [3.8, 4) is 0 Å². The van der Waals surface area contributed by atoms with Gasteiger partial charge in [-0.05, 0) is 56.7 Å². The molecule has 1 unspecified atom stereocenters. The zero-order valence-electron chi connectivity index (χ0n) is 12.2. The van der Waals surface area contributed by atoms with Gasteiger partial charge < -0.3 is 5.32 Å². The Bertz CT molecular complexity index is 367. The summed E-state index contributed by atoms with van der Waals surface area (Å²) in [5.41, 5.74) is 1.21. The van der Waals surface area contributed by atoms with Crippen LogP contribution in [-0.2, 0) is 6.42 Å². The summed E-state index contributed by atoms with van der Waals surface area (Å²) >= 11 is 0. The van der Waals surface area contributed by atoms with E-state index >= 15 is 0 Å². The fourth-order valence-electron chi connectivity index (χ4n) is 3.25. The van der Waals surface area contributed by atoms with Crippen molar-refractivity contribution < 1.29 is 4.39 Å². The van der Waals surface area contributed by atoms with Crippen molar-refractivity contribution in [3.05, 3.63) is 35.6 Å². The first-order chi connectivity index (χ1) is 9.15. The molecule has 1 aliphatic rings. The molecule has 19 heavy (non-hydrogen) atoms. The maximum absolute atomic E-state index is 12.9. The number of hydrogen-bond donors (Lipinski definition) is 1. The summed E-state index contributed by atoms with van der Waals surface area (Å²) in [6, 6.07) is 7.91. The van der Waals surface area contributed by atoms with Crippen LogP contribution in [0.4, 0.5) is 4.39 Å². The molecule has 0 bridgehead atoms. The van der Waals surface area contributed by atoms with Crippen LogP contribution in [0.25, 0.3) is 0 Å². The summed E-state index contributed by atoms with van der Waals surface area (Å²) in [4.78, 5) is 0. The quantitative estimate of drug-likeness (QED) is 0.834. The van der Waals surface area contributed by atoms with E-state index in [1.54, 1.807) is 12.1 Å². The van der Waals surface area contributed by atoms with Gasteiger partial charge in [-0.3, -0.25) is 0 Å². The normalized spacial score (nSPS) is 20.2. The minimum Gasteiger partial charge on any atom is -0.311 e. The first-order valence-electron chi connectivity index (χ1n) is 7.65. The fraction of sp³-hybridized carbons (Fsp3) is 0.647. The van der Waals surface area contributed by atoms with E-state index < -0.39 is 0 Å². The van der Waals surface area contributed by atoms with Crippen molar-refractivity contribution >= 4 is 0 Å². The standard InChI is InChI=1S/C17H26FN/c1-13(12-15-8-10-17(18)11-9-15)19-14(2)16-6-4-3-5-7-16/h8-11,13-14,16,19H,3-7,12H2,1-2H3/t13?,14-/m0/s1. The fourth-order valence-corrected chi connectivity index (χ4v) is 3.25. The van der Waals surface area contributed by atoms with Crippen LogP contribution in [0.1, 0.15) is 51.5 Å². The van der Waals surface area contributed by atoms with Crippen LogP contribution in [0.5, 0.6) is 0 Å². The zero-order chi connectivity index (χ0) is 13.7. The molecular weight excluding hydrogens is 237 g/mol. The molecule has 1 saturated carbocycles. The van der Waals surface area contributed by atoms with Crippen LogP contribution < -0.4 is 5.32 Å². The number of halogens is 1. The van der Waals surface area contributed by atoms with Crippen LogP contribution in [0, 0.1) is 11.7 Å². The van der Waals surface area contributed by atoms with E-state index in [1.807, 2.05) is 12.1 Å². The SMILES string of the molecule is CC(Cc1ccc(F)cc1)N[C@@H](C)C1CCCCC1. The Morgan fingerprint density at radius 2 is 1.74 bits per heavy atom. The molecule has 2 rings (SSSR count). The lowest BCUT2D eigenvalue weighted by Crippen LogP contribution is -2.41. The van der Waals surface area contributed by atoms with Crippen LogP contribution in [0.15, 0.2) is 24.3 Å². The molecule has 0 heterocycles. The third kappa shape index (κ3) is 4.61. The molecule has 1 aliphatic carbocycles. The molecule has 0 spiro atoms. The summed E-state index contributed by atoms with van der Waals surface area (Å²) in [7, 11) is 0. The molecule has 0 aromatic heterocycles. The molecule has 1 fully saturated rings. The lowest BCUT2D eigenvalue weighted by Gasteiger charge is -2.30. The Balaban J connectivity index is 1.79. The molecule has 1 nitrogen and oxygen atoms in total. The Morgan fingerprint density at radius 1 is 1.11 bits per heavy atom. The van der Waals surface area contributed by atoms with Crippen molar-refractivity contribution in [3.63, 3.8) is 0 Å². The topological polar surface area (TPSA) is 12.0 Å². The molecule has 1 aromatic rings. The van der Waals surface area contributed by atoms with Gasteiger partial charge in [0.25, 0.3) is 0 Å². The molecule has 0 aliphatic heterocycles. The number of rotatable bonds is 5. The highest BCUT2D eigenvalue weighted by Crippen LogP contribution is 2.26. The molecule has 0 radical (unpaired) electrons. The summed E-state index contributed by atoms with van der Waals surface area (Å²) < 4.78 is 12.9. The van der Waals surface area contributed by atoms with Crippen molar-refractivity contribution in [1.29, 1.82) is 0 Å². The second kappa shape index (κ2) is 7.04. The van der Waals surface area contributed by atoms with E-state index in [0.717, 1.165) is 12.3 Å². The van der Waals surface area contributed by atoms with Gasteiger partial charge in [-0.25, -0.2) is 4.39 Å². The molecule has 106 valence electrons. The summed E-state index contributed by atoms with van der Waals surface area (Å²) in [6.07, 6.45) is 7.91. The average Bonchev–Trinajstić information content (AvgIpc) is 2.42. The highest BCUT2D eigenvalue weighted by Gasteiger charge is 2.21. The number of hydrogen-bond acceptors (Lipinski definition) is 1. The smallest absolute Gasteiger partial charge is 0.123 e. The van der Waals surface area contributed by atoms with E-state index in [1.165, 1.54) is 37.7 Å². The first kappa shape index (κ1) is 14.5. The van der Waals surface area contributed by atoms with Crippen LogP contribution in [0.3, 0.4) is 0 Å². The largest absolute Gasteiger partial charge is 0.311 e. The van der Waals surface area contributed by atoms with Crippen molar-refractivity contribution in [2.45, 2.75) is 64.5 Å². The van der Waals surface area contributed by atoms with E-state index in [2.05, 4.69) is 19.2 Å². The van der Waals surface area contributed by atoms with Gasteiger partial charge in [0.2, 0.25) is 0 Å². The van der Waals surface area contributed by atoms with Gasteiger partial charge in [-0.2, -0.15) is 0 Å². The predicted octanol–water partition coefficient (Wildman–Crippen LogP) is 4.32. The molecular formula is C17H26FN. The maximum atomic E-state index is 12.9. The average molecular weight is 263 g/mol. The third-order valence-electron chi connectivity index (χ3n) is 4.36. The molecule has 1 N–H and O–H groups in total. The second-order valence-corrected chi connectivity index (χ2v) is 6.09. The van der Waals surface area contributed by atoms with Gasteiger partial charge in [0.05, 0.1) is 0 Å². The Kier molecular flexibility index (Phi) is 5.38. The molecule has 1 aromatic carbocycles. The lowest BCUT2D eigenvalue weighted by molar-refractivity contribution is 0.267. The second-order valence-electron chi connectivity index (χ2n) is 6.09. The zero-order valence-corrected chi connectivity index (χ0v) is 12.2. The van der Waals surface area contributed by atoms with Gasteiger partial charge in [-0.1, -0.05) is 31.4 Å². The predicted molar refractivity (Wildman–Crippen MR) is 78.7 cm³/mol. The maximum Gasteiger partial charge on any atom is 0.123 e. The summed E-state index contributed by atoms with van der Waals surface area (Å²) in [6.45, 7) is 4.54. The van der Waals surface area contributed by atoms with Crippen molar-refractivity contribution in [1.82, 2.24) is 5.32 Å². The van der Waals surface area contributed by atoms with Gasteiger partial charge in [0, 0.05) is 12.1 Å². The van der Waals surface area contributed by atoms with Gasteiger partial charge in [0.15, 0.2) is 0 Å². The molecule has 2 heteroatoms. The van der Waals surface area contributed by atoms with E-state index in [9.17, 15) is 4.39 Å². The number of benzene rings is 1. The minimum absolute atomic E-state index is 0.153. The lowest BCUT2D eigenvalue weighted by atomic mass is 9.84. The van der Waals surface area contributed by atoms with E-state index in [-0.39, 0.29) is 5.82 Å². The molecule has 2 atom stereocenters. The van der Waals surface area contributed by atoms with Crippen molar-refractivity contribution in [2.75, 3.05) is 0 Å². The van der Waals surface area contributed by atoms with E-state index in [4.69, 9.17) is 0 Å². The van der Waals surface area contributed by atoms with Gasteiger partial charge in [-0.15, -0.1) is 0 Å². The van der Waals surface area contributed by atoms with Crippen LogP contribution in [-0.4, -0.2) is 12.1 Å².